The highest BCUT2D eigenvalue weighted by atomic mass is 16.6. The van der Waals surface area contributed by atoms with Crippen LogP contribution >= 0.6 is 0 Å². The van der Waals surface area contributed by atoms with E-state index in [4.69, 9.17) is 14.2 Å². The topological polar surface area (TPSA) is 65.1 Å². The molecule has 0 radical (unpaired) electrons. The minimum Gasteiger partial charge on any atom is -0.493 e. The molecule has 0 saturated carbocycles. The van der Waals surface area contributed by atoms with Gasteiger partial charge >= 0.3 is 6.09 Å². The summed E-state index contributed by atoms with van der Waals surface area (Å²) in [4.78, 5) is 25.4. The summed E-state index contributed by atoms with van der Waals surface area (Å²) in [5, 5.41) is 0. The van der Waals surface area contributed by atoms with Crippen LogP contribution in [0.1, 0.15) is 37.9 Å². The fourth-order valence-electron chi connectivity index (χ4n) is 2.65. The van der Waals surface area contributed by atoms with Gasteiger partial charge in [-0.1, -0.05) is 0 Å². The molecule has 0 unspecified atom stereocenters. The van der Waals surface area contributed by atoms with Gasteiger partial charge in [-0.2, -0.15) is 0 Å². The second kappa shape index (κ2) is 6.48. The standard InChI is InChI=1S/C17H23NO5/c1-17(2,3)23-16(20)18-7-6-11-8-14(21-4)15(22-5)9-12(11)13(18)10-19/h8-10,13H,6-7H2,1-5H3/t13-/m0/s1. The molecule has 2 rings (SSSR count). The maximum Gasteiger partial charge on any atom is 0.411 e. The van der Waals surface area contributed by atoms with Crippen LogP contribution in [-0.4, -0.2) is 43.6 Å². The van der Waals surface area contributed by atoms with Crippen LogP contribution in [0.2, 0.25) is 0 Å². The van der Waals surface area contributed by atoms with Gasteiger partial charge in [0, 0.05) is 6.54 Å². The maximum atomic E-state index is 12.4. The molecule has 6 heteroatoms. The zero-order chi connectivity index (χ0) is 17.2. The number of carbonyl (C=O) groups excluding carboxylic acids is 2. The Bertz CT molecular complexity index is 606. The molecule has 1 amide bonds. The second-order valence-corrected chi connectivity index (χ2v) is 6.41. The Labute approximate surface area is 136 Å². The molecule has 0 aromatic heterocycles. The van der Waals surface area contributed by atoms with E-state index in [1.807, 2.05) is 6.07 Å². The van der Waals surface area contributed by atoms with Crippen molar-refractivity contribution in [3.63, 3.8) is 0 Å². The fraction of sp³-hybridized carbons (Fsp3) is 0.529. The first-order valence-electron chi connectivity index (χ1n) is 7.50. The predicted molar refractivity (Wildman–Crippen MR) is 85.0 cm³/mol. The van der Waals surface area contributed by atoms with Gasteiger partial charge < -0.3 is 19.0 Å². The Hall–Kier alpha value is -2.24. The van der Waals surface area contributed by atoms with Crippen molar-refractivity contribution in [1.82, 2.24) is 4.90 Å². The number of carbonyl (C=O) groups is 2. The highest BCUT2D eigenvalue weighted by molar-refractivity contribution is 5.76. The molecule has 0 N–H and O–H groups in total. The largest absolute Gasteiger partial charge is 0.493 e. The Kier molecular flexibility index (Phi) is 4.82. The first kappa shape index (κ1) is 17.1. The van der Waals surface area contributed by atoms with Gasteiger partial charge in [-0.05, 0) is 50.5 Å². The molecule has 1 aromatic carbocycles. The average Bonchev–Trinajstić information content (AvgIpc) is 2.50. The minimum absolute atomic E-state index is 0.417. The van der Waals surface area contributed by atoms with Crippen LogP contribution in [-0.2, 0) is 16.0 Å². The number of fused-ring (bicyclic) bond motifs is 1. The van der Waals surface area contributed by atoms with Gasteiger partial charge in [0.25, 0.3) is 0 Å². The van der Waals surface area contributed by atoms with E-state index in [1.54, 1.807) is 33.9 Å². The smallest absolute Gasteiger partial charge is 0.411 e. The highest BCUT2D eigenvalue weighted by Crippen LogP contribution is 2.37. The van der Waals surface area contributed by atoms with Crippen molar-refractivity contribution >= 4 is 12.4 Å². The maximum absolute atomic E-state index is 12.4. The van der Waals surface area contributed by atoms with E-state index in [-0.39, 0.29) is 0 Å². The van der Waals surface area contributed by atoms with E-state index in [1.165, 1.54) is 12.0 Å². The van der Waals surface area contributed by atoms with Crippen LogP contribution in [0.3, 0.4) is 0 Å². The quantitative estimate of drug-likeness (QED) is 0.801. The third-order valence-electron chi connectivity index (χ3n) is 3.68. The van der Waals surface area contributed by atoms with Crippen LogP contribution in [0.25, 0.3) is 0 Å². The lowest BCUT2D eigenvalue weighted by Gasteiger charge is -2.35. The second-order valence-electron chi connectivity index (χ2n) is 6.41. The van der Waals surface area contributed by atoms with Gasteiger partial charge in [-0.25, -0.2) is 4.79 Å². The lowest BCUT2D eigenvalue weighted by atomic mass is 9.93. The van der Waals surface area contributed by atoms with Crippen LogP contribution < -0.4 is 9.47 Å². The Morgan fingerprint density at radius 2 is 1.83 bits per heavy atom. The average molecular weight is 321 g/mol. The number of nitrogens with zero attached hydrogens (tertiary/aromatic N) is 1. The number of ether oxygens (including phenoxy) is 3. The SMILES string of the molecule is COc1cc2c(cc1OC)[C@H](C=O)N(C(=O)OC(C)(C)C)CC2. The summed E-state index contributed by atoms with van der Waals surface area (Å²) >= 11 is 0. The molecule has 1 aliphatic heterocycles. The molecule has 0 spiro atoms. The summed E-state index contributed by atoms with van der Waals surface area (Å²) in [5.74, 6) is 1.14. The van der Waals surface area contributed by atoms with Crippen molar-refractivity contribution in [3.05, 3.63) is 23.3 Å². The van der Waals surface area contributed by atoms with E-state index in [9.17, 15) is 9.59 Å². The lowest BCUT2D eigenvalue weighted by Crippen LogP contribution is -2.43. The molecule has 6 nitrogen and oxygen atoms in total. The summed E-state index contributed by atoms with van der Waals surface area (Å²) in [6, 6.07) is 2.93. The van der Waals surface area contributed by atoms with Crippen molar-refractivity contribution in [2.24, 2.45) is 0 Å². The number of benzene rings is 1. The van der Waals surface area contributed by atoms with Crippen LogP contribution in [0, 0.1) is 0 Å². The molecular formula is C17H23NO5. The summed E-state index contributed by atoms with van der Waals surface area (Å²) in [6.07, 6.45) is 0.891. The van der Waals surface area contributed by atoms with Gasteiger partial charge in [0.1, 0.15) is 17.9 Å². The van der Waals surface area contributed by atoms with E-state index in [2.05, 4.69) is 0 Å². The molecule has 0 fully saturated rings. The molecule has 1 atom stereocenters. The molecule has 1 aromatic rings. The first-order valence-corrected chi connectivity index (χ1v) is 7.50. The van der Waals surface area contributed by atoms with Gasteiger partial charge in [-0.3, -0.25) is 4.90 Å². The Morgan fingerprint density at radius 1 is 1.22 bits per heavy atom. The van der Waals surface area contributed by atoms with Crippen LogP contribution in [0.4, 0.5) is 4.79 Å². The van der Waals surface area contributed by atoms with E-state index < -0.39 is 17.7 Å². The number of rotatable bonds is 3. The van der Waals surface area contributed by atoms with Gasteiger partial charge in [0.2, 0.25) is 0 Å². The number of aldehydes is 1. The molecular weight excluding hydrogens is 298 g/mol. The van der Waals surface area contributed by atoms with Crippen molar-refractivity contribution in [2.45, 2.75) is 38.8 Å². The van der Waals surface area contributed by atoms with Crippen molar-refractivity contribution in [3.8, 4) is 11.5 Å². The van der Waals surface area contributed by atoms with E-state index in [0.717, 1.165) is 17.4 Å². The van der Waals surface area contributed by atoms with Crippen molar-refractivity contribution in [2.75, 3.05) is 20.8 Å². The third-order valence-corrected chi connectivity index (χ3v) is 3.68. The fourth-order valence-corrected chi connectivity index (χ4v) is 2.65. The number of methoxy groups -OCH3 is 2. The van der Waals surface area contributed by atoms with Gasteiger partial charge in [-0.15, -0.1) is 0 Å². The van der Waals surface area contributed by atoms with E-state index in [0.29, 0.717) is 24.5 Å². The Morgan fingerprint density at radius 3 is 2.35 bits per heavy atom. The zero-order valence-electron chi connectivity index (χ0n) is 14.2. The molecule has 23 heavy (non-hydrogen) atoms. The number of amides is 1. The third kappa shape index (κ3) is 3.57. The van der Waals surface area contributed by atoms with Gasteiger partial charge in [0.15, 0.2) is 11.5 Å². The number of hydrogen-bond acceptors (Lipinski definition) is 5. The van der Waals surface area contributed by atoms with Crippen LogP contribution in [0.5, 0.6) is 11.5 Å². The molecule has 1 heterocycles. The minimum atomic E-state index is -0.687. The first-order chi connectivity index (χ1) is 10.8. The lowest BCUT2D eigenvalue weighted by molar-refractivity contribution is -0.113. The zero-order valence-corrected chi connectivity index (χ0v) is 14.2. The summed E-state index contributed by atoms with van der Waals surface area (Å²) in [7, 11) is 3.10. The summed E-state index contributed by atoms with van der Waals surface area (Å²) in [5.41, 5.74) is 1.11. The normalized spacial score (nSPS) is 17.3. The van der Waals surface area contributed by atoms with Gasteiger partial charge in [0.05, 0.1) is 14.2 Å². The molecule has 0 aliphatic carbocycles. The highest BCUT2D eigenvalue weighted by Gasteiger charge is 2.34. The van der Waals surface area contributed by atoms with Crippen LogP contribution in [0.15, 0.2) is 12.1 Å². The molecule has 0 bridgehead atoms. The predicted octanol–water partition coefficient (Wildman–Crippen LogP) is 2.74. The molecule has 126 valence electrons. The summed E-state index contributed by atoms with van der Waals surface area (Å²) in [6.45, 7) is 5.81. The molecule has 0 saturated heterocycles. The van der Waals surface area contributed by atoms with E-state index >= 15 is 0 Å². The number of hydrogen-bond donors (Lipinski definition) is 0. The van der Waals surface area contributed by atoms with Crippen molar-refractivity contribution < 1.29 is 23.8 Å². The monoisotopic (exact) mass is 321 g/mol. The van der Waals surface area contributed by atoms with Crippen molar-refractivity contribution in [1.29, 1.82) is 0 Å². The Balaban J connectivity index is 2.37. The molecule has 1 aliphatic rings. The summed E-state index contributed by atoms with van der Waals surface area (Å²) < 4.78 is 16.0.